The summed E-state index contributed by atoms with van der Waals surface area (Å²) in [5.74, 6) is -0.688. The number of nitrogens with zero attached hydrogens (tertiary/aromatic N) is 1. The van der Waals surface area contributed by atoms with Crippen molar-refractivity contribution in [3.63, 3.8) is 0 Å². The zero-order chi connectivity index (χ0) is 12.6. The third-order valence-electron chi connectivity index (χ3n) is 3.33. The summed E-state index contributed by atoms with van der Waals surface area (Å²) in [4.78, 5) is 14.1. The molecule has 0 unspecified atom stereocenters. The molecule has 1 aliphatic rings. The van der Waals surface area contributed by atoms with Crippen LogP contribution in [0.25, 0.3) is 0 Å². The molecule has 0 atom stereocenters. The Bertz CT molecular complexity index is 459. The van der Waals surface area contributed by atoms with Crippen LogP contribution in [0.4, 0.5) is 4.39 Å². The zero-order valence-corrected chi connectivity index (χ0v) is 11.6. The summed E-state index contributed by atoms with van der Waals surface area (Å²) >= 11 is 3.11. The molecule has 0 bridgehead atoms. The Kier molecular flexibility index (Phi) is 3.25. The first kappa shape index (κ1) is 12.6. The molecule has 0 N–H and O–H groups in total. The highest BCUT2D eigenvalue weighted by Gasteiger charge is 2.36. The number of carbonyl (C=O) groups is 1. The third kappa shape index (κ3) is 2.23. The van der Waals surface area contributed by atoms with E-state index in [9.17, 15) is 9.18 Å². The van der Waals surface area contributed by atoms with E-state index < -0.39 is 5.82 Å². The minimum absolute atomic E-state index is 0.148. The first-order valence-corrected chi connectivity index (χ1v) is 6.49. The number of likely N-dealkylation sites (tertiary alicyclic amines) is 1. The number of hydrogen-bond donors (Lipinski definition) is 0. The van der Waals surface area contributed by atoms with Gasteiger partial charge in [-0.05, 0) is 54.8 Å². The number of hydrogen-bond acceptors (Lipinski definition) is 1. The maximum absolute atomic E-state index is 13.9. The average Bonchev–Trinajstić information content (AvgIpc) is 2.61. The lowest BCUT2D eigenvalue weighted by Gasteiger charge is -2.31. The van der Waals surface area contributed by atoms with Crippen LogP contribution < -0.4 is 0 Å². The summed E-state index contributed by atoms with van der Waals surface area (Å²) in [5, 5.41) is 0. The van der Waals surface area contributed by atoms with Crippen molar-refractivity contribution in [2.75, 3.05) is 6.54 Å². The van der Waals surface area contributed by atoms with Crippen LogP contribution in [0.5, 0.6) is 0 Å². The molecule has 4 heteroatoms. The predicted molar refractivity (Wildman–Crippen MR) is 68.4 cm³/mol. The molecule has 17 heavy (non-hydrogen) atoms. The van der Waals surface area contributed by atoms with Crippen LogP contribution in [0, 0.1) is 5.82 Å². The van der Waals surface area contributed by atoms with Crippen molar-refractivity contribution in [1.82, 2.24) is 4.90 Å². The maximum atomic E-state index is 13.9. The van der Waals surface area contributed by atoms with Gasteiger partial charge in [0.15, 0.2) is 0 Å². The highest BCUT2D eigenvalue weighted by molar-refractivity contribution is 9.10. The van der Waals surface area contributed by atoms with E-state index in [1.54, 1.807) is 17.0 Å². The second-order valence-electron chi connectivity index (χ2n) is 4.97. The number of benzene rings is 1. The average molecular weight is 300 g/mol. The predicted octanol–water partition coefficient (Wildman–Crippen LogP) is 3.60. The summed E-state index contributed by atoms with van der Waals surface area (Å²) in [6.07, 6.45) is 1.95. The molecule has 0 spiro atoms. The standard InChI is InChI=1S/C13H15BrFNO/c1-13(2)7-4-8-16(13)12(17)9-5-3-6-10(14)11(9)15/h3,5-6H,4,7-8H2,1-2H3. The van der Waals surface area contributed by atoms with Gasteiger partial charge in [0, 0.05) is 12.1 Å². The first-order valence-electron chi connectivity index (χ1n) is 5.69. The molecule has 0 aromatic heterocycles. The van der Waals surface area contributed by atoms with Crippen LogP contribution in [0.15, 0.2) is 22.7 Å². The van der Waals surface area contributed by atoms with Crippen molar-refractivity contribution in [1.29, 1.82) is 0 Å². The molecule has 0 radical (unpaired) electrons. The zero-order valence-electron chi connectivity index (χ0n) is 9.96. The molecule has 1 amide bonds. The minimum Gasteiger partial charge on any atom is -0.333 e. The molecular weight excluding hydrogens is 285 g/mol. The van der Waals surface area contributed by atoms with Crippen LogP contribution in [0.1, 0.15) is 37.0 Å². The van der Waals surface area contributed by atoms with Gasteiger partial charge >= 0.3 is 0 Å². The minimum atomic E-state index is -0.472. The molecule has 0 aliphatic carbocycles. The van der Waals surface area contributed by atoms with Gasteiger partial charge in [0.2, 0.25) is 0 Å². The van der Waals surface area contributed by atoms with E-state index in [0.29, 0.717) is 11.0 Å². The lowest BCUT2D eigenvalue weighted by molar-refractivity contribution is 0.0647. The lowest BCUT2D eigenvalue weighted by atomic mass is 10.0. The van der Waals surface area contributed by atoms with E-state index in [0.717, 1.165) is 12.8 Å². The molecule has 92 valence electrons. The quantitative estimate of drug-likeness (QED) is 0.776. The van der Waals surface area contributed by atoms with Gasteiger partial charge < -0.3 is 4.90 Å². The topological polar surface area (TPSA) is 20.3 Å². The fourth-order valence-electron chi connectivity index (χ4n) is 2.30. The summed E-state index contributed by atoms with van der Waals surface area (Å²) in [5.41, 5.74) is -0.0272. The molecule has 1 heterocycles. The summed E-state index contributed by atoms with van der Waals surface area (Å²) in [7, 11) is 0. The molecule has 1 aromatic rings. The summed E-state index contributed by atoms with van der Waals surface area (Å²) in [6.45, 7) is 4.75. The van der Waals surface area contributed by atoms with E-state index in [4.69, 9.17) is 0 Å². The Hall–Kier alpha value is -0.900. The molecular formula is C13H15BrFNO. The van der Waals surface area contributed by atoms with Crippen LogP contribution in [-0.2, 0) is 0 Å². The number of amides is 1. The Morgan fingerprint density at radius 3 is 2.76 bits per heavy atom. The van der Waals surface area contributed by atoms with Crippen molar-refractivity contribution in [2.45, 2.75) is 32.2 Å². The largest absolute Gasteiger partial charge is 0.333 e. The summed E-state index contributed by atoms with van der Waals surface area (Å²) in [6, 6.07) is 4.82. The van der Waals surface area contributed by atoms with Crippen LogP contribution in [0.2, 0.25) is 0 Å². The van der Waals surface area contributed by atoms with Crippen molar-refractivity contribution in [3.8, 4) is 0 Å². The van der Waals surface area contributed by atoms with Gasteiger partial charge in [-0.1, -0.05) is 6.07 Å². The van der Waals surface area contributed by atoms with Gasteiger partial charge in [0.1, 0.15) is 5.82 Å². The van der Waals surface area contributed by atoms with E-state index in [2.05, 4.69) is 15.9 Å². The lowest BCUT2D eigenvalue weighted by Crippen LogP contribution is -2.42. The van der Waals surface area contributed by atoms with E-state index in [1.165, 1.54) is 6.07 Å². The van der Waals surface area contributed by atoms with Gasteiger partial charge in [0.05, 0.1) is 10.0 Å². The van der Waals surface area contributed by atoms with Crippen molar-refractivity contribution >= 4 is 21.8 Å². The van der Waals surface area contributed by atoms with Crippen LogP contribution >= 0.6 is 15.9 Å². The van der Waals surface area contributed by atoms with Gasteiger partial charge in [-0.2, -0.15) is 0 Å². The van der Waals surface area contributed by atoms with Crippen LogP contribution in [-0.4, -0.2) is 22.9 Å². The molecule has 0 saturated carbocycles. The van der Waals surface area contributed by atoms with E-state index in [-0.39, 0.29) is 17.0 Å². The summed E-state index contributed by atoms with van der Waals surface area (Å²) < 4.78 is 14.2. The SMILES string of the molecule is CC1(C)CCCN1C(=O)c1cccc(Br)c1F. The fraction of sp³-hybridized carbons (Fsp3) is 0.462. The third-order valence-corrected chi connectivity index (χ3v) is 3.94. The molecule has 1 aliphatic heterocycles. The van der Waals surface area contributed by atoms with Gasteiger partial charge in [-0.25, -0.2) is 4.39 Å². The second kappa shape index (κ2) is 4.41. The Morgan fingerprint density at radius 1 is 1.47 bits per heavy atom. The second-order valence-corrected chi connectivity index (χ2v) is 5.83. The van der Waals surface area contributed by atoms with Crippen LogP contribution in [0.3, 0.4) is 0 Å². The van der Waals surface area contributed by atoms with Gasteiger partial charge in [-0.15, -0.1) is 0 Å². The highest BCUT2D eigenvalue weighted by Crippen LogP contribution is 2.31. The Labute approximate surface area is 109 Å². The molecule has 2 rings (SSSR count). The van der Waals surface area contributed by atoms with Gasteiger partial charge in [0.25, 0.3) is 5.91 Å². The highest BCUT2D eigenvalue weighted by atomic mass is 79.9. The maximum Gasteiger partial charge on any atom is 0.257 e. The van der Waals surface area contributed by atoms with E-state index >= 15 is 0 Å². The first-order chi connectivity index (χ1) is 7.93. The van der Waals surface area contributed by atoms with Gasteiger partial charge in [-0.3, -0.25) is 4.79 Å². The van der Waals surface area contributed by atoms with Crippen molar-refractivity contribution in [3.05, 3.63) is 34.1 Å². The normalized spacial score (nSPS) is 18.5. The fourth-order valence-corrected chi connectivity index (χ4v) is 2.66. The molecule has 1 fully saturated rings. The number of halogens is 2. The molecule has 1 saturated heterocycles. The van der Waals surface area contributed by atoms with Crippen molar-refractivity contribution in [2.24, 2.45) is 0 Å². The monoisotopic (exact) mass is 299 g/mol. The number of carbonyl (C=O) groups excluding carboxylic acids is 1. The smallest absolute Gasteiger partial charge is 0.257 e. The van der Waals surface area contributed by atoms with Crippen molar-refractivity contribution < 1.29 is 9.18 Å². The Morgan fingerprint density at radius 2 is 2.18 bits per heavy atom. The van der Waals surface area contributed by atoms with E-state index in [1.807, 2.05) is 13.8 Å². The molecule has 1 aromatic carbocycles. The number of rotatable bonds is 1. The molecule has 2 nitrogen and oxygen atoms in total. The Balaban J connectivity index is 2.35.